The molecule has 0 aliphatic carbocycles. The Bertz CT molecular complexity index is 564. The van der Waals surface area contributed by atoms with Crippen molar-refractivity contribution in [1.29, 1.82) is 0 Å². The zero-order valence-electron chi connectivity index (χ0n) is 9.15. The Balaban J connectivity index is 2.84. The van der Waals surface area contributed by atoms with E-state index in [2.05, 4.69) is 4.98 Å². The number of amides is 1. The largest absolute Gasteiger partial charge is 0.496 e. The summed E-state index contributed by atoms with van der Waals surface area (Å²) in [6, 6.07) is 7.19. The third-order valence-corrected chi connectivity index (χ3v) is 2.44. The van der Waals surface area contributed by atoms with E-state index in [0.717, 1.165) is 16.6 Å². The van der Waals surface area contributed by atoms with Gasteiger partial charge < -0.3 is 10.5 Å². The molecule has 16 heavy (non-hydrogen) atoms. The fraction of sp³-hybridized carbons (Fsp3) is 0.167. The summed E-state index contributed by atoms with van der Waals surface area (Å²) in [4.78, 5) is 15.7. The first-order chi connectivity index (χ1) is 7.63. The van der Waals surface area contributed by atoms with Crippen molar-refractivity contribution in [2.24, 2.45) is 5.73 Å². The van der Waals surface area contributed by atoms with Crippen LogP contribution < -0.4 is 10.5 Å². The number of ether oxygens (including phenoxy) is 1. The van der Waals surface area contributed by atoms with E-state index >= 15 is 0 Å². The smallest absolute Gasteiger partial charge is 0.253 e. The van der Waals surface area contributed by atoms with Crippen LogP contribution in [0, 0.1) is 6.92 Å². The van der Waals surface area contributed by atoms with Crippen molar-refractivity contribution >= 4 is 16.8 Å². The molecule has 1 aromatic carbocycles. The maximum Gasteiger partial charge on any atom is 0.253 e. The van der Waals surface area contributed by atoms with E-state index in [1.54, 1.807) is 6.07 Å². The first-order valence-electron chi connectivity index (χ1n) is 4.87. The highest BCUT2D eigenvalue weighted by atomic mass is 16.5. The molecule has 0 saturated heterocycles. The Labute approximate surface area is 93.0 Å². The molecule has 4 nitrogen and oxygen atoms in total. The lowest BCUT2D eigenvalue weighted by atomic mass is 10.1. The van der Waals surface area contributed by atoms with Gasteiger partial charge in [-0.25, -0.2) is 0 Å². The Morgan fingerprint density at radius 1 is 1.31 bits per heavy atom. The monoisotopic (exact) mass is 216 g/mol. The van der Waals surface area contributed by atoms with E-state index in [9.17, 15) is 4.79 Å². The molecule has 0 unspecified atom stereocenters. The second-order valence-corrected chi connectivity index (χ2v) is 3.53. The molecule has 82 valence electrons. The van der Waals surface area contributed by atoms with Gasteiger partial charge in [-0.3, -0.25) is 9.78 Å². The minimum atomic E-state index is -0.506. The summed E-state index contributed by atoms with van der Waals surface area (Å²) in [5, 5.41) is 0.720. The fourth-order valence-electron chi connectivity index (χ4n) is 1.71. The van der Waals surface area contributed by atoms with E-state index in [1.165, 1.54) is 7.11 Å². The van der Waals surface area contributed by atoms with Gasteiger partial charge in [-0.2, -0.15) is 0 Å². The third kappa shape index (κ3) is 1.58. The number of aryl methyl sites for hydroxylation is 1. The number of hydrogen-bond donors (Lipinski definition) is 1. The lowest BCUT2D eigenvalue weighted by Gasteiger charge is -2.08. The molecule has 0 radical (unpaired) electrons. The second kappa shape index (κ2) is 3.81. The third-order valence-electron chi connectivity index (χ3n) is 2.44. The lowest BCUT2D eigenvalue weighted by molar-refractivity contribution is 0.0999. The van der Waals surface area contributed by atoms with Crippen LogP contribution in [0.5, 0.6) is 5.75 Å². The van der Waals surface area contributed by atoms with Crippen LogP contribution in [0.25, 0.3) is 10.9 Å². The summed E-state index contributed by atoms with van der Waals surface area (Å²) in [6.07, 6.45) is 0. The van der Waals surface area contributed by atoms with Crippen molar-refractivity contribution in [2.45, 2.75) is 6.92 Å². The highest BCUT2D eigenvalue weighted by Crippen LogP contribution is 2.26. The summed E-state index contributed by atoms with van der Waals surface area (Å²) < 4.78 is 5.12. The van der Waals surface area contributed by atoms with Crippen LogP contribution in [0.3, 0.4) is 0 Å². The predicted molar refractivity (Wildman–Crippen MR) is 61.5 cm³/mol. The minimum Gasteiger partial charge on any atom is -0.496 e. The van der Waals surface area contributed by atoms with Gasteiger partial charge in [0.2, 0.25) is 0 Å². The number of carbonyl (C=O) groups excluding carboxylic acids is 1. The highest BCUT2D eigenvalue weighted by molar-refractivity contribution is 6.08. The molecule has 2 N–H and O–H groups in total. The SMILES string of the molecule is COc1ccc2nc(C)ccc2c1C(N)=O. The van der Waals surface area contributed by atoms with Gasteiger partial charge in [0.25, 0.3) is 5.91 Å². The quantitative estimate of drug-likeness (QED) is 0.830. The van der Waals surface area contributed by atoms with Crippen molar-refractivity contribution in [2.75, 3.05) is 7.11 Å². The second-order valence-electron chi connectivity index (χ2n) is 3.53. The van der Waals surface area contributed by atoms with E-state index in [0.29, 0.717) is 11.3 Å². The average molecular weight is 216 g/mol. The Morgan fingerprint density at radius 3 is 2.69 bits per heavy atom. The van der Waals surface area contributed by atoms with Gasteiger partial charge >= 0.3 is 0 Å². The van der Waals surface area contributed by atoms with Crippen LogP contribution in [0.4, 0.5) is 0 Å². The Hall–Kier alpha value is -2.10. The molecule has 0 bridgehead atoms. The molecule has 0 atom stereocenters. The molecule has 0 spiro atoms. The first-order valence-corrected chi connectivity index (χ1v) is 4.87. The molecule has 2 rings (SSSR count). The van der Waals surface area contributed by atoms with Crippen molar-refractivity contribution in [3.8, 4) is 5.75 Å². The number of rotatable bonds is 2. The number of hydrogen-bond acceptors (Lipinski definition) is 3. The van der Waals surface area contributed by atoms with Gasteiger partial charge in [0.05, 0.1) is 18.2 Å². The van der Waals surface area contributed by atoms with Crippen LogP contribution in [0.2, 0.25) is 0 Å². The molecule has 1 heterocycles. The average Bonchev–Trinajstić information content (AvgIpc) is 2.26. The van der Waals surface area contributed by atoms with Crippen molar-refractivity contribution < 1.29 is 9.53 Å². The van der Waals surface area contributed by atoms with Gasteiger partial charge in [0.1, 0.15) is 5.75 Å². The molecule has 0 aliphatic rings. The van der Waals surface area contributed by atoms with Gasteiger partial charge in [-0.05, 0) is 25.1 Å². The van der Waals surface area contributed by atoms with Crippen molar-refractivity contribution in [3.63, 3.8) is 0 Å². The standard InChI is InChI=1S/C12H12N2O2/c1-7-3-4-8-9(14-7)5-6-10(16-2)11(8)12(13)15/h3-6H,1-2H3,(H2,13,15). The van der Waals surface area contributed by atoms with Gasteiger partial charge in [-0.15, -0.1) is 0 Å². The van der Waals surface area contributed by atoms with Gasteiger partial charge in [0, 0.05) is 11.1 Å². The topological polar surface area (TPSA) is 65.2 Å². The molecule has 4 heteroatoms. The first kappa shape index (κ1) is 10.4. The Morgan fingerprint density at radius 2 is 2.06 bits per heavy atom. The van der Waals surface area contributed by atoms with Crippen LogP contribution in [-0.4, -0.2) is 18.0 Å². The fourth-order valence-corrected chi connectivity index (χ4v) is 1.71. The maximum atomic E-state index is 11.4. The molecule has 1 aromatic heterocycles. The molecule has 1 amide bonds. The Kier molecular flexibility index (Phi) is 2.48. The number of carbonyl (C=O) groups is 1. The van der Waals surface area contributed by atoms with E-state index in [-0.39, 0.29) is 0 Å². The number of primary amides is 1. The summed E-state index contributed by atoms with van der Waals surface area (Å²) in [5.41, 5.74) is 7.37. The number of aromatic nitrogens is 1. The molecular formula is C12H12N2O2. The van der Waals surface area contributed by atoms with Crippen LogP contribution in [0.15, 0.2) is 24.3 Å². The van der Waals surface area contributed by atoms with E-state index in [4.69, 9.17) is 10.5 Å². The number of benzene rings is 1. The van der Waals surface area contributed by atoms with Crippen LogP contribution in [0.1, 0.15) is 16.1 Å². The van der Waals surface area contributed by atoms with Crippen LogP contribution >= 0.6 is 0 Å². The number of fused-ring (bicyclic) bond motifs is 1. The summed E-state index contributed by atoms with van der Waals surface area (Å²) >= 11 is 0. The zero-order valence-corrected chi connectivity index (χ0v) is 9.15. The molecule has 0 fully saturated rings. The maximum absolute atomic E-state index is 11.4. The van der Waals surface area contributed by atoms with Crippen molar-refractivity contribution in [1.82, 2.24) is 4.98 Å². The van der Waals surface area contributed by atoms with Gasteiger partial charge in [0.15, 0.2) is 0 Å². The van der Waals surface area contributed by atoms with Crippen molar-refractivity contribution in [3.05, 3.63) is 35.5 Å². The number of methoxy groups -OCH3 is 1. The number of nitrogens with zero attached hydrogens (tertiary/aromatic N) is 1. The van der Waals surface area contributed by atoms with Crippen LogP contribution in [-0.2, 0) is 0 Å². The van der Waals surface area contributed by atoms with E-state index < -0.39 is 5.91 Å². The molecular weight excluding hydrogens is 204 g/mol. The minimum absolute atomic E-state index is 0.382. The normalized spacial score (nSPS) is 10.4. The predicted octanol–water partition coefficient (Wildman–Crippen LogP) is 1.65. The number of nitrogens with two attached hydrogens (primary N) is 1. The summed E-state index contributed by atoms with van der Waals surface area (Å²) in [6.45, 7) is 1.90. The summed E-state index contributed by atoms with van der Waals surface area (Å²) in [5.74, 6) is -0.0289. The summed E-state index contributed by atoms with van der Waals surface area (Å²) in [7, 11) is 1.51. The van der Waals surface area contributed by atoms with Gasteiger partial charge in [-0.1, -0.05) is 6.07 Å². The lowest BCUT2D eigenvalue weighted by Crippen LogP contribution is -2.13. The highest BCUT2D eigenvalue weighted by Gasteiger charge is 2.13. The zero-order chi connectivity index (χ0) is 11.7. The molecule has 0 saturated carbocycles. The number of pyridine rings is 1. The van der Waals surface area contributed by atoms with E-state index in [1.807, 2.05) is 25.1 Å². The molecule has 2 aromatic rings. The molecule has 0 aliphatic heterocycles.